The molecule has 0 aliphatic rings. The number of carbonyl (C=O) groups is 3. The number of benzene rings is 1. The molecule has 0 radical (unpaired) electrons. The fraction of sp³-hybridized carbons (Fsp3) is 0.182. The molecule has 2 N–H and O–H groups in total. The number of nitrogens with one attached hydrogen (secondary N) is 1. The van der Waals surface area contributed by atoms with Crippen molar-refractivity contribution in [2.24, 2.45) is 0 Å². The number of esters is 1. The Morgan fingerprint density at radius 2 is 2.00 bits per heavy atom. The lowest BCUT2D eigenvalue weighted by atomic mass is 10.1. The number of ether oxygens (including phenoxy) is 1. The van der Waals surface area contributed by atoms with Crippen LogP contribution in [0.5, 0.6) is 0 Å². The summed E-state index contributed by atoms with van der Waals surface area (Å²) >= 11 is 0. The molecule has 3 heterocycles. The van der Waals surface area contributed by atoms with Gasteiger partial charge in [-0.1, -0.05) is 12.1 Å². The quantitative estimate of drug-likeness (QED) is 0.392. The average Bonchev–Trinajstić information content (AvgIpc) is 3.45. The molecule has 1 amide bonds. The van der Waals surface area contributed by atoms with E-state index in [-0.39, 0.29) is 31.0 Å². The van der Waals surface area contributed by atoms with Crippen molar-refractivity contribution in [1.29, 1.82) is 0 Å². The van der Waals surface area contributed by atoms with Crippen LogP contribution in [0.2, 0.25) is 0 Å². The summed E-state index contributed by atoms with van der Waals surface area (Å²) in [6, 6.07) is 8.89. The van der Waals surface area contributed by atoms with Crippen molar-refractivity contribution in [3.05, 3.63) is 66.2 Å². The summed E-state index contributed by atoms with van der Waals surface area (Å²) in [5.41, 5.74) is 2.91. The van der Waals surface area contributed by atoms with E-state index in [2.05, 4.69) is 20.5 Å². The second-order valence-electron chi connectivity index (χ2n) is 7.01. The SMILES string of the molecule is CCOC(=O)c1cnn2c(-c3cccc(NC(=O)c4cnn(CCC(=O)O)c4)c3)ccnc12. The van der Waals surface area contributed by atoms with Crippen LogP contribution < -0.4 is 5.32 Å². The summed E-state index contributed by atoms with van der Waals surface area (Å²) in [5, 5.41) is 19.9. The van der Waals surface area contributed by atoms with Crippen LogP contribution in [-0.4, -0.2) is 53.9 Å². The zero-order valence-electron chi connectivity index (χ0n) is 17.6. The van der Waals surface area contributed by atoms with Crippen molar-refractivity contribution in [3.63, 3.8) is 0 Å². The molecule has 0 fully saturated rings. The number of carboxylic acids is 1. The first kappa shape index (κ1) is 21.7. The van der Waals surface area contributed by atoms with Gasteiger partial charge in [0.25, 0.3) is 5.91 Å². The van der Waals surface area contributed by atoms with Crippen molar-refractivity contribution in [1.82, 2.24) is 24.4 Å². The lowest BCUT2D eigenvalue weighted by Gasteiger charge is -2.08. The minimum absolute atomic E-state index is 0.0868. The van der Waals surface area contributed by atoms with Gasteiger partial charge in [-0.25, -0.2) is 14.3 Å². The summed E-state index contributed by atoms with van der Waals surface area (Å²) in [7, 11) is 0. The number of rotatable bonds is 8. The van der Waals surface area contributed by atoms with Crippen LogP contribution in [-0.2, 0) is 16.1 Å². The van der Waals surface area contributed by atoms with Gasteiger partial charge in [0, 0.05) is 23.6 Å². The van der Waals surface area contributed by atoms with Gasteiger partial charge in [-0.05, 0) is 25.1 Å². The molecule has 0 aliphatic heterocycles. The molecular weight excluding hydrogens is 428 g/mol. The molecule has 3 aromatic heterocycles. The molecule has 0 spiro atoms. The number of aromatic nitrogens is 5. The third-order valence-electron chi connectivity index (χ3n) is 4.76. The van der Waals surface area contributed by atoms with Gasteiger partial charge in [0.2, 0.25) is 0 Å². The average molecular weight is 448 g/mol. The Morgan fingerprint density at radius 3 is 2.79 bits per heavy atom. The summed E-state index contributed by atoms with van der Waals surface area (Å²) < 4.78 is 8.01. The van der Waals surface area contributed by atoms with Crippen molar-refractivity contribution in [3.8, 4) is 11.3 Å². The Labute approximate surface area is 187 Å². The van der Waals surface area contributed by atoms with Crippen LogP contribution in [0, 0.1) is 0 Å². The summed E-state index contributed by atoms with van der Waals surface area (Å²) in [4.78, 5) is 39.7. The predicted molar refractivity (Wildman–Crippen MR) is 117 cm³/mol. The number of carboxylic acid groups (broad SMARTS) is 1. The molecule has 33 heavy (non-hydrogen) atoms. The normalized spacial score (nSPS) is 10.8. The van der Waals surface area contributed by atoms with E-state index < -0.39 is 11.9 Å². The molecule has 0 aliphatic carbocycles. The summed E-state index contributed by atoms with van der Waals surface area (Å²) in [6.45, 7) is 2.15. The van der Waals surface area contributed by atoms with Crippen LogP contribution in [0.15, 0.2) is 55.1 Å². The number of hydrogen-bond acceptors (Lipinski definition) is 7. The molecule has 0 saturated heterocycles. The van der Waals surface area contributed by atoms with Gasteiger partial charge in [-0.15, -0.1) is 0 Å². The third kappa shape index (κ3) is 4.71. The Bertz CT molecular complexity index is 1340. The van der Waals surface area contributed by atoms with Crippen molar-refractivity contribution in [2.75, 3.05) is 11.9 Å². The molecule has 11 nitrogen and oxygen atoms in total. The summed E-state index contributed by atoms with van der Waals surface area (Å²) in [6.07, 6.45) is 5.78. The maximum absolute atomic E-state index is 12.6. The number of anilines is 1. The fourth-order valence-electron chi connectivity index (χ4n) is 3.24. The van der Waals surface area contributed by atoms with Gasteiger partial charge in [0.1, 0.15) is 5.56 Å². The van der Waals surface area contributed by atoms with E-state index in [1.807, 2.05) is 6.07 Å². The largest absolute Gasteiger partial charge is 0.481 e. The zero-order valence-corrected chi connectivity index (χ0v) is 17.6. The van der Waals surface area contributed by atoms with E-state index in [4.69, 9.17) is 9.84 Å². The predicted octanol–water partition coefficient (Wildman–Crippen LogP) is 2.50. The number of aliphatic carboxylic acids is 1. The number of nitrogens with zero attached hydrogens (tertiary/aromatic N) is 5. The Hall–Kier alpha value is -4.54. The number of amides is 1. The molecule has 4 rings (SSSR count). The molecule has 0 saturated carbocycles. The molecule has 0 bridgehead atoms. The Balaban J connectivity index is 1.56. The molecule has 1 aromatic carbocycles. The number of aryl methyl sites for hydroxylation is 1. The van der Waals surface area contributed by atoms with Gasteiger partial charge in [0.15, 0.2) is 5.65 Å². The van der Waals surface area contributed by atoms with Crippen LogP contribution >= 0.6 is 0 Å². The van der Waals surface area contributed by atoms with Gasteiger partial charge < -0.3 is 15.2 Å². The second kappa shape index (κ2) is 9.30. The minimum Gasteiger partial charge on any atom is -0.481 e. The van der Waals surface area contributed by atoms with E-state index in [1.165, 1.54) is 23.3 Å². The highest BCUT2D eigenvalue weighted by molar-refractivity contribution is 6.04. The third-order valence-corrected chi connectivity index (χ3v) is 4.76. The fourth-order valence-corrected chi connectivity index (χ4v) is 3.24. The highest BCUT2D eigenvalue weighted by Crippen LogP contribution is 2.24. The van der Waals surface area contributed by atoms with Gasteiger partial charge >= 0.3 is 11.9 Å². The highest BCUT2D eigenvalue weighted by atomic mass is 16.5. The van der Waals surface area contributed by atoms with E-state index in [1.54, 1.807) is 41.9 Å². The van der Waals surface area contributed by atoms with Crippen molar-refractivity contribution >= 4 is 29.2 Å². The van der Waals surface area contributed by atoms with E-state index in [0.717, 1.165) is 5.56 Å². The minimum atomic E-state index is -0.940. The topological polar surface area (TPSA) is 141 Å². The van der Waals surface area contributed by atoms with E-state index in [9.17, 15) is 14.4 Å². The van der Waals surface area contributed by atoms with Crippen LogP contribution in [0.25, 0.3) is 16.9 Å². The number of hydrogen-bond donors (Lipinski definition) is 2. The van der Waals surface area contributed by atoms with Gasteiger partial charge in [-0.3, -0.25) is 14.3 Å². The van der Waals surface area contributed by atoms with Crippen LogP contribution in [0.1, 0.15) is 34.1 Å². The second-order valence-corrected chi connectivity index (χ2v) is 7.01. The van der Waals surface area contributed by atoms with Crippen LogP contribution in [0.3, 0.4) is 0 Å². The summed E-state index contributed by atoms with van der Waals surface area (Å²) in [5.74, 6) is -1.82. The molecular formula is C22H20N6O5. The Kier molecular flexibility index (Phi) is 6.11. The maximum Gasteiger partial charge on any atom is 0.343 e. The van der Waals surface area contributed by atoms with E-state index in [0.29, 0.717) is 22.6 Å². The first-order valence-electron chi connectivity index (χ1n) is 10.1. The first-order valence-corrected chi connectivity index (χ1v) is 10.1. The van der Waals surface area contributed by atoms with Gasteiger partial charge in [-0.2, -0.15) is 10.2 Å². The van der Waals surface area contributed by atoms with Crippen molar-refractivity contribution < 1.29 is 24.2 Å². The van der Waals surface area contributed by atoms with Gasteiger partial charge in [0.05, 0.1) is 43.2 Å². The van der Waals surface area contributed by atoms with Crippen LogP contribution in [0.4, 0.5) is 5.69 Å². The molecule has 0 atom stereocenters. The highest BCUT2D eigenvalue weighted by Gasteiger charge is 2.17. The smallest absolute Gasteiger partial charge is 0.343 e. The Morgan fingerprint density at radius 1 is 1.15 bits per heavy atom. The lowest BCUT2D eigenvalue weighted by Crippen LogP contribution is -2.11. The monoisotopic (exact) mass is 448 g/mol. The molecule has 0 unspecified atom stereocenters. The standard InChI is InChI=1S/C22H20N6O5/c1-2-33-22(32)17-12-25-28-18(6-8-23-20(17)28)14-4-3-5-16(10-14)26-21(31)15-11-24-27(13-15)9-7-19(29)30/h3-6,8,10-13H,2,7,9H2,1H3,(H,26,31)(H,29,30). The first-order chi connectivity index (χ1) is 16.0. The maximum atomic E-state index is 12.6. The molecule has 11 heteroatoms. The zero-order chi connectivity index (χ0) is 23.4. The molecule has 168 valence electrons. The van der Waals surface area contributed by atoms with E-state index >= 15 is 0 Å². The lowest BCUT2D eigenvalue weighted by molar-refractivity contribution is -0.137. The number of fused-ring (bicyclic) bond motifs is 1. The molecule has 4 aromatic rings. The number of carbonyl (C=O) groups excluding carboxylic acids is 2. The van der Waals surface area contributed by atoms with Crippen molar-refractivity contribution in [2.45, 2.75) is 19.9 Å².